The van der Waals surface area contributed by atoms with E-state index in [1.165, 1.54) is 6.92 Å². The third-order valence-corrected chi connectivity index (χ3v) is 4.43. The number of amides is 2. The summed E-state index contributed by atoms with van der Waals surface area (Å²) in [6, 6.07) is 9.41. The highest BCUT2D eigenvalue weighted by Crippen LogP contribution is 2.23. The molecule has 0 radical (unpaired) electrons. The molecular formula is C18H27N3O2. The number of nitrogens with two attached hydrogens (primary N) is 1. The van der Waals surface area contributed by atoms with Gasteiger partial charge in [0, 0.05) is 25.6 Å². The maximum Gasteiger partial charge on any atom is 0.225 e. The minimum absolute atomic E-state index is 0.0322. The molecule has 23 heavy (non-hydrogen) atoms. The number of nitrogens with zero attached hydrogens (tertiary/aromatic N) is 1. The van der Waals surface area contributed by atoms with E-state index in [1.54, 1.807) is 0 Å². The van der Waals surface area contributed by atoms with Crippen LogP contribution in [0.1, 0.15) is 51.1 Å². The predicted molar refractivity (Wildman–Crippen MR) is 90.6 cm³/mol. The molecule has 1 aromatic rings. The molecular weight excluding hydrogens is 290 g/mol. The zero-order valence-electron chi connectivity index (χ0n) is 14.0. The maximum absolute atomic E-state index is 12.8. The summed E-state index contributed by atoms with van der Waals surface area (Å²) in [6.45, 7) is 4.19. The molecule has 2 amide bonds. The van der Waals surface area contributed by atoms with Crippen molar-refractivity contribution in [3.05, 3.63) is 35.9 Å². The van der Waals surface area contributed by atoms with Crippen LogP contribution in [-0.2, 0) is 9.59 Å². The lowest BCUT2D eigenvalue weighted by Crippen LogP contribution is -2.52. The summed E-state index contributed by atoms with van der Waals surface area (Å²) in [4.78, 5) is 26.2. The molecule has 1 aliphatic heterocycles. The molecule has 3 N–H and O–H groups in total. The topological polar surface area (TPSA) is 75.4 Å². The molecule has 3 atom stereocenters. The Kier molecular flexibility index (Phi) is 6.16. The molecule has 1 aliphatic rings. The average molecular weight is 317 g/mol. The highest BCUT2D eigenvalue weighted by Gasteiger charge is 2.30. The van der Waals surface area contributed by atoms with Crippen LogP contribution in [0.15, 0.2) is 30.3 Å². The van der Waals surface area contributed by atoms with Crippen molar-refractivity contribution in [2.45, 2.75) is 57.7 Å². The minimum Gasteiger partial charge on any atom is -0.349 e. The number of hydrogen-bond acceptors (Lipinski definition) is 3. The first kappa shape index (κ1) is 17.5. The van der Waals surface area contributed by atoms with Gasteiger partial charge in [0.05, 0.1) is 12.5 Å². The number of benzene rings is 1. The van der Waals surface area contributed by atoms with Crippen molar-refractivity contribution in [1.29, 1.82) is 0 Å². The Hall–Kier alpha value is -1.88. The average Bonchev–Trinajstić information content (AvgIpc) is 2.54. The van der Waals surface area contributed by atoms with Gasteiger partial charge in [-0.2, -0.15) is 0 Å². The van der Waals surface area contributed by atoms with Crippen molar-refractivity contribution < 1.29 is 9.59 Å². The Labute approximate surface area is 138 Å². The number of piperidine rings is 1. The largest absolute Gasteiger partial charge is 0.349 e. The Balaban J connectivity index is 2.11. The Morgan fingerprint density at radius 2 is 2.00 bits per heavy atom. The first-order valence-electron chi connectivity index (χ1n) is 8.36. The number of likely N-dealkylation sites (tertiary alicyclic amines) is 1. The lowest BCUT2D eigenvalue weighted by Gasteiger charge is -2.38. The molecule has 5 heteroatoms. The van der Waals surface area contributed by atoms with Crippen molar-refractivity contribution in [2.75, 3.05) is 6.54 Å². The van der Waals surface area contributed by atoms with Gasteiger partial charge in [0.15, 0.2) is 0 Å². The Morgan fingerprint density at radius 3 is 2.61 bits per heavy atom. The van der Waals surface area contributed by atoms with Crippen molar-refractivity contribution in [3.8, 4) is 0 Å². The summed E-state index contributed by atoms with van der Waals surface area (Å²) in [7, 11) is 0. The second-order valence-corrected chi connectivity index (χ2v) is 6.38. The Bertz CT molecular complexity index is 530. The van der Waals surface area contributed by atoms with Crippen molar-refractivity contribution in [2.24, 2.45) is 5.73 Å². The lowest BCUT2D eigenvalue weighted by molar-refractivity contribution is -0.136. The zero-order chi connectivity index (χ0) is 16.8. The van der Waals surface area contributed by atoms with Gasteiger partial charge >= 0.3 is 0 Å². The SMILES string of the molecule is CC(=O)NC(CC(=O)N1CCCCC1C(C)N)c1ccccc1. The van der Waals surface area contributed by atoms with E-state index in [-0.39, 0.29) is 36.4 Å². The van der Waals surface area contributed by atoms with Crippen LogP contribution in [0, 0.1) is 0 Å². The lowest BCUT2D eigenvalue weighted by atomic mass is 9.95. The fourth-order valence-corrected chi connectivity index (χ4v) is 3.29. The van der Waals surface area contributed by atoms with Crippen LogP contribution in [-0.4, -0.2) is 35.3 Å². The van der Waals surface area contributed by atoms with Crippen LogP contribution >= 0.6 is 0 Å². The van der Waals surface area contributed by atoms with Gasteiger partial charge in [-0.15, -0.1) is 0 Å². The van der Waals surface area contributed by atoms with Gasteiger partial charge in [-0.3, -0.25) is 9.59 Å². The molecule has 1 heterocycles. The summed E-state index contributed by atoms with van der Waals surface area (Å²) in [6.07, 6.45) is 3.36. The summed E-state index contributed by atoms with van der Waals surface area (Å²) in [5.74, 6) is -0.0661. The van der Waals surface area contributed by atoms with Gasteiger partial charge < -0.3 is 16.0 Å². The van der Waals surface area contributed by atoms with Crippen LogP contribution in [0.4, 0.5) is 0 Å². The fraction of sp³-hybridized carbons (Fsp3) is 0.556. The molecule has 3 unspecified atom stereocenters. The Morgan fingerprint density at radius 1 is 1.30 bits per heavy atom. The molecule has 2 rings (SSSR count). The molecule has 126 valence electrons. The minimum atomic E-state index is -0.295. The molecule has 0 saturated carbocycles. The summed E-state index contributed by atoms with van der Waals surface area (Å²) in [5, 5.41) is 2.89. The summed E-state index contributed by atoms with van der Waals surface area (Å²) >= 11 is 0. The van der Waals surface area contributed by atoms with Crippen LogP contribution in [0.25, 0.3) is 0 Å². The molecule has 0 aliphatic carbocycles. The van der Waals surface area contributed by atoms with Gasteiger partial charge in [-0.05, 0) is 31.7 Å². The number of hydrogen-bond donors (Lipinski definition) is 2. The molecule has 0 spiro atoms. The van der Waals surface area contributed by atoms with E-state index in [1.807, 2.05) is 42.2 Å². The standard InChI is InChI=1S/C18H27N3O2/c1-13(19)17-10-6-7-11-21(17)18(23)12-16(20-14(2)22)15-8-4-3-5-9-15/h3-5,8-9,13,16-17H,6-7,10-12,19H2,1-2H3,(H,20,22). The van der Waals surface area contributed by atoms with Crippen molar-refractivity contribution in [1.82, 2.24) is 10.2 Å². The highest BCUT2D eigenvalue weighted by atomic mass is 16.2. The van der Waals surface area contributed by atoms with Gasteiger partial charge in [0.1, 0.15) is 0 Å². The number of rotatable bonds is 5. The number of carbonyl (C=O) groups is 2. The monoisotopic (exact) mass is 317 g/mol. The van der Waals surface area contributed by atoms with Crippen LogP contribution in [0.5, 0.6) is 0 Å². The van der Waals surface area contributed by atoms with E-state index >= 15 is 0 Å². The van der Waals surface area contributed by atoms with E-state index in [0.29, 0.717) is 0 Å². The second kappa shape index (κ2) is 8.11. The van der Waals surface area contributed by atoms with E-state index in [0.717, 1.165) is 31.4 Å². The first-order chi connectivity index (χ1) is 11.0. The molecule has 1 fully saturated rings. The molecule has 1 saturated heterocycles. The van der Waals surface area contributed by atoms with Crippen LogP contribution < -0.4 is 11.1 Å². The van der Waals surface area contributed by atoms with Gasteiger partial charge in [-0.25, -0.2) is 0 Å². The summed E-state index contributed by atoms with van der Waals surface area (Å²) in [5.41, 5.74) is 7.00. The maximum atomic E-state index is 12.8. The van der Waals surface area contributed by atoms with Crippen LogP contribution in [0.2, 0.25) is 0 Å². The predicted octanol–water partition coefficient (Wildman–Crippen LogP) is 1.98. The molecule has 1 aromatic carbocycles. The van der Waals surface area contributed by atoms with E-state index in [9.17, 15) is 9.59 Å². The third kappa shape index (κ3) is 4.79. The second-order valence-electron chi connectivity index (χ2n) is 6.38. The normalized spacial score (nSPS) is 20.7. The molecule has 0 aromatic heterocycles. The van der Waals surface area contributed by atoms with Gasteiger partial charge in [0.2, 0.25) is 11.8 Å². The molecule has 0 bridgehead atoms. The van der Waals surface area contributed by atoms with Crippen LogP contribution in [0.3, 0.4) is 0 Å². The smallest absolute Gasteiger partial charge is 0.225 e. The summed E-state index contributed by atoms with van der Waals surface area (Å²) < 4.78 is 0. The third-order valence-electron chi connectivity index (χ3n) is 4.43. The van der Waals surface area contributed by atoms with Gasteiger partial charge in [-0.1, -0.05) is 30.3 Å². The van der Waals surface area contributed by atoms with E-state index in [4.69, 9.17) is 5.73 Å². The van der Waals surface area contributed by atoms with Crippen molar-refractivity contribution in [3.63, 3.8) is 0 Å². The van der Waals surface area contributed by atoms with E-state index < -0.39 is 0 Å². The number of carbonyl (C=O) groups excluding carboxylic acids is 2. The fourth-order valence-electron chi connectivity index (χ4n) is 3.29. The molecule has 5 nitrogen and oxygen atoms in total. The zero-order valence-corrected chi connectivity index (χ0v) is 14.0. The quantitative estimate of drug-likeness (QED) is 0.872. The van der Waals surface area contributed by atoms with Gasteiger partial charge in [0.25, 0.3) is 0 Å². The highest BCUT2D eigenvalue weighted by molar-refractivity contribution is 5.79. The first-order valence-corrected chi connectivity index (χ1v) is 8.36. The van der Waals surface area contributed by atoms with Crippen molar-refractivity contribution >= 4 is 11.8 Å². The van der Waals surface area contributed by atoms with E-state index in [2.05, 4.69) is 5.32 Å². The number of nitrogens with one attached hydrogen (secondary N) is 1.